The highest BCUT2D eigenvalue weighted by Crippen LogP contribution is 2.28. The summed E-state index contributed by atoms with van der Waals surface area (Å²) in [7, 11) is 0. The van der Waals surface area contributed by atoms with Gasteiger partial charge < -0.3 is 10.8 Å². The van der Waals surface area contributed by atoms with Crippen LogP contribution in [-0.4, -0.2) is 15.6 Å². The van der Waals surface area contributed by atoms with Gasteiger partial charge in [0, 0.05) is 17.2 Å². The summed E-state index contributed by atoms with van der Waals surface area (Å²) < 4.78 is 1.08. The van der Waals surface area contributed by atoms with Gasteiger partial charge in [-0.2, -0.15) is 10.4 Å². The molecule has 8 heteroatoms. The van der Waals surface area contributed by atoms with Crippen LogP contribution in [0, 0.1) is 18.3 Å². The summed E-state index contributed by atoms with van der Waals surface area (Å²) in [6, 6.07) is 7.66. The normalized spacial score (nSPS) is 11.0. The second-order valence-electron chi connectivity index (χ2n) is 5.67. The molecule has 0 radical (unpaired) electrons. The Hall–Kier alpha value is -3.47. The first-order valence-electron chi connectivity index (χ1n) is 7.47. The molecular weight excluding hydrogens is 322 g/mol. The van der Waals surface area contributed by atoms with Crippen molar-refractivity contribution in [3.05, 3.63) is 51.3 Å². The second kappa shape index (κ2) is 6.97. The van der Waals surface area contributed by atoms with E-state index >= 15 is 0 Å². The lowest BCUT2D eigenvalue weighted by molar-refractivity contribution is 0.100. The minimum atomic E-state index is -0.605. The van der Waals surface area contributed by atoms with Gasteiger partial charge in [-0.05, 0) is 39.0 Å². The first-order valence-corrected chi connectivity index (χ1v) is 7.47. The van der Waals surface area contributed by atoms with E-state index in [1.165, 1.54) is 19.1 Å². The van der Waals surface area contributed by atoms with Gasteiger partial charge in [0.1, 0.15) is 11.6 Å². The Labute approximate surface area is 143 Å². The van der Waals surface area contributed by atoms with Crippen LogP contribution in [-0.2, 0) is 0 Å². The summed E-state index contributed by atoms with van der Waals surface area (Å²) >= 11 is 0. The van der Waals surface area contributed by atoms with E-state index in [0.29, 0.717) is 5.69 Å². The molecule has 0 saturated heterocycles. The van der Waals surface area contributed by atoms with Crippen molar-refractivity contribution in [1.29, 1.82) is 5.26 Å². The molecule has 8 nitrogen and oxygen atoms in total. The summed E-state index contributed by atoms with van der Waals surface area (Å²) in [5.41, 5.74) is 5.40. The summed E-state index contributed by atoms with van der Waals surface area (Å²) in [5.74, 6) is -0.999. The first-order chi connectivity index (χ1) is 11.8. The molecule has 0 atom stereocenters. The number of primary amides is 1. The van der Waals surface area contributed by atoms with Crippen molar-refractivity contribution in [2.75, 3.05) is 0 Å². The van der Waals surface area contributed by atoms with Gasteiger partial charge >= 0.3 is 0 Å². The average Bonchev–Trinajstić information content (AvgIpc) is 2.55. The number of nitrogens with zero attached hydrogens (tertiary/aromatic N) is 4. The summed E-state index contributed by atoms with van der Waals surface area (Å²) in [6.07, 6.45) is 0. The van der Waals surface area contributed by atoms with E-state index < -0.39 is 17.3 Å². The Bertz CT molecular complexity index is 967. The lowest BCUT2D eigenvalue weighted by Crippen LogP contribution is -2.23. The van der Waals surface area contributed by atoms with Crippen LogP contribution in [0.5, 0.6) is 5.88 Å². The van der Waals surface area contributed by atoms with Gasteiger partial charge in [0.2, 0.25) is 11.8 Å². The molecule has 1 aromatic carbocycles. The smallest absolute Gasteiger partial charge is 0.281 e. The Balaban J connectivity index is 2.62. The maximum Gasteiger partial charge on any atom is 0.281 e. The monoisotopic (exact) mass is 339 g/mol. The number of rotatable bonds is 4. The van der Waals surface area contributed by atoms with Crippen LogP contribution in [0.3, 0.4) is 0 Å². The lowest BCUT2D eigenvalue weighted by Gasteiger charge is -2.15. The first kappa shape index (κ1) is 17.9. The van der Waals surface area contributed by atoms with Crippen molar-refractivity contribution >= 4 is 17.3 Å². The molecule has 25 heavy (non-hydrogen) atoms. The van der Waals surface area contributed by atoms with Crippen LogP contribution in [0.15, 0.2) is 39.3 Å². The number of carbonyl (C=O) groups excluding carboxylic acids is 1. The Morgan fingerprint density at radius 3 is 2.60 bits per heavy atom. The van der Waals surface area contributed by atoms with E-state index in [1.807, 2.05) is 6.07 Å². The lowest BCUT2D eigenvalue weighted by atomic mass is 10.1. The topological polar surface area (TPSA) is 134 Å². The molecule has 0 saturated carbocycles. The zero-order valence-corrected chi connectivity index (χ0v) is 14.0. The van der Waals surface area contributed by atoms with E-state index in [1.54, 1.807) is 26.0 Å². The number of nitrogens with two attached hydrogens (primary N) is 1. The van der Waals surface area contributed by atoms with Crippen LogP contribution in [0.2, 0.25) is 0 Å². The number of benzene rings is 1. The number of nitriles is 1. The van der Waals surface area contributed by atoms with Gasteiger partial charge in [0.25, 0.3) is 5.56 Å². The molecule has 0 aliphatic rings. The van der Waals surface area contributed by atoms with Crippen LogP contribution >= 0.6 is 0 Å². The van der Waals surface area contributed by atoms with Crippen molar-refractivity contribution in [3.8, 4) is 11.9 Å². The predicted molar refractivity (Wildman–Crippen MR) is 91.3 cm³/mol. The highest BCUT2D eigenvalue weighted by molar-refractivity contribution is 5.93. The van der Waals surface area contributed by atoms with E-state index in [4.69, 9.17) is 5.73 Å². The quantitative estimate of drug-likeness (QED) is 0.828. The van der Waals surface area contributed by atoms with Crippen molar-refractivity contribution in [1.82, 2.24) is 4.57 Å². The van der Waals surface area contributed by atoms with E-state index in [0.717, 1.165) is 4.57 Å². The molecule has 3 N–H and O–H groups in total. The standard InChI is InChI=1S/C17H17N5O3/c1-9(2)22-16(24)13(8-18)10(3)14(17(22)25)21-20-12-6-4-5-11(7-12)15(19)23/h4-7,9,24H,1-3H3,(H2,19,23). The summed E-state index contributed by atoms with van der Waals surface area (Å²) in [6.45, 7) is 4.92. The van der Waals surface area contributed by atoms with E-state index in [9.17, 15) is 20.0 Å². The van der Waals surface area contributed by atoms with E-state index in [2.05, 4.69) is 10.2 Å². The second-order valence-corrected chi connectivity index (χ2v) is 5.67. The number of hydrogen-bond donors (Lipinski definition) is 2. The van der Waals surface area contributed by atoms with Crippen LogP contribution in [0.25, 0.3) is 0 Å². The molecule has 0 bridgehead atoms. The van der Waals surface area contributed by atoms with Gasteiger partial charge in [-0.25, -0.2) is 0 Å². The van der Waals surface area contributed by atoms with Gasteiger partial charge in [0.05, 0.1) is 5.69 Å². The van der Waals surface area contributed by atoms with Crippen LogP contribution in [0.4, 0.5) is 11.4 Å². The third-order valence-electron chi connectivity index (χ3n) is 3.63. The third kappa shape index (κ3) is 3.40. The number of carbonyl (C=O) groups is 1. The molecular formula is C17H17N5O3. The van der Waals surface area contributed by atoms with Gasteiger partial charge in [0.15, 0.2) is 5.69 Å². The highest BCUT2D eigenvalue weighted by atomic mass is 16.3. The van der Waals surface area contributed by atoms with Crippen molar-refractivity contribution in [3.63, 3.8) is 0 Å². The average molecular weight is 339 g/mol. The Morgan fingerprint density at radius 1 is 1.36 bits per heavy atom. The predicted octanol–water partition coefficient (Wildman–Crippen LogP) is 2.83. The molecule has 0 spiro atoms. The van der Waals surface area contributed by atoms with E-state index in [-0.39, 0.29) is 28.4 Å². The third-order valence-corrected chi connectivity index (χ3v) is 3.63. The van der Waals surface area contributed by atoms with Crippen molar-refractivity contribution in [2.45, 2.75) is 26.8 Å². The van der Waals surface area contributed by atoms with Gasteiger partial charge in [-0.1, -0.05) is 6.07 Å². The van der Waals surface area contributed by atoms with Gasteiger partial charge in [-0.15, -0.1) is 5.11 Å². The molecule has 1 aromatic heterocycles. The summed E-state index contributed by atoms with van der Waals surface area (Å²) in [4.78, 5) is 23.8. The minimum absolute atomic E-state index is 0.0341. The van der Waals surface area contributed by atoms with Crippen LogP contribution in [0.1, 0.15) is 41.4 Å². The maximum atomic E-state index is 12.6. The fourth-order valence-corrected chi connectivity index (χ4v) is 2.34. The minimum Gasteiger partial charge on any atom is -0.493 e. The number of azo groups is 1. The van der Waals surface area contributed by atoms with Crippen molar-refractivity contribution < 1.29 is 9.90 Å². The highest BCUT2D eigenvalue weighted by Gasteiger charge is 2.20. The molecule has 1 heterocycles. The SMILES string of the molecule is Cc1c(C#N)c(O)n(C(C)C)c(=O)c1N=Nc1cccc(C(N)=O)c1. The molecule has 128 valence electrons. The number of pyridine rings is 1. The largest absolute Gasteiger partial charge is 0.493 e. The zero-order chi connectivity index (χ0) is 18.7. The molecule has 0 aliphatic carbocycles. The number of hydrogen-bond acceptors (Lipinski definition) is 6. The molecule has 2 rings (SSSR count). The fourth-order valence-electron chi connectivity index (χ4n) is 2.34. The Kier molecular flexibility index (Phi) is 4.98. The van der Waals surface area contributed by atoms with Crippen LogP contribution < -0.4 is 11.3 Å². The Morgan fingerprint density at radius 2 is 2.04 bits per heavy atom. The maximum absolute atomic E-state index is 12.6. The molecule has 0 unspecified atom stereocenters. The molecule has 0 aliphatic heterocycles. The van der Waals surface area contributed by atoms with Gasteiger partial charge in [-0.3, -0.25) is 14.2 Å². The molecule has 0 fully saturated rings. The summed E-state index contributed by atoms with van der Waals surface area (Å²) in [5, 5.41) is 27.3. The molecule has 1 amide bonds. The number of amides is 1. The molecule has 2 aromatic rings. The number of aromatic nitrogens is 1. The fraction of sp³-hybridized carbons (Fsp3) is 0.235. The number of aromatic hydroxyl groups is 1. The zero-order valence-electron chi connectivity index (χ0n) is 14.0. The van der Waals surface area contributed by atoms with Crippen molar-refractivity contribution in [2.24, 2.45) is 16.0 Å².